The normalized spacial score (nSPS) is 11.3. The van der Waals surface area contributed by atoms with Gasteiger partial charge in [0.05, 0.1) is 17.5 Å². The minimum Gasteiger partial charge on any atom is -0.481 e. The number of benzene rings is 1. The summed E-state index contributed by atoms with van der Waals surface area (Å²) in [5.74, 6) is -0.860. The molecule has 0 amide bonds. The standard InChI is InChI=1S/C15H13ClN2O3/c1-8-6-13-15(21)17-10-7-9(16)2-3-12(10)18(13)11(8)4-5-14(19)20/h2-3,6-7H,4-5H2,1H3,(H,17,21)(H,19,20). The second-order valence-electron chi connectivity index (χ2n) is 5.00. The number of aromatic nitrogens is 2. The van der Waals surface area contributed by atoms with E-state index in [2.05, 4.69) is 4.98 Å². The Morgan fingerprint density at radius 1 is 1.33 bits per heavy atom. The Balaban J connectivity index is 2.37. The summed E-state index contributed by atoms with van der Waals surface area (Å²) in [7, 11) is 0. The molecule has 6 heteroatoms. The van der Waals surface area contributed by atoms with E-state index in [1.165, 1.54) is 0 Å². The molecule has 0 saturated carbocycles. The molecule has 21 heavy (non-hydrogen) atoms. The zero-order valence-corrected chi connectivity index (χ0v) is 12.1. The molecule has 2 aromatic heterocycles. The van der Waals surface area contributed by atoms with Crippen molar-refractivity contribution < 1.29 is 9.90 Å². The van der Waals surface area contributed by atoms with Crippen LogP contribution in [0.2, 0.25) is 5.02 Å². The van der Waals surface area contributed by atoms with E-state index in [4.69, 9.17) is 16.7 Å². The zero-order chi connectivity index (χ0) is 15.1. The number of nitrogens with zero attached hydrogens (tertiary/aromatic N) is 1. The maximum absolute atomic E-state index is 12.2. The topological polar surface area (TPSA) is 74.6 Å². The number of hydrogen-bond acceptors (Lipinski definition) is 2. The molecule has 0 spiro atoms. The predicted octanol–water partition coefficient (Wildman–Crippen LogP) is 2.76. The summed E-state index contributed by atoms with van der Waals surface area (Å²) in [5, 5.41) is 9.42. The van der Waals surface area contributed by atoms with Crippen LogP contribution < -0.4 is 5.56 Å². The average Bonchev–Trinajstić information content (AvgIpc) is 2.74. The molecule has 0 aliphatic carbocycles. The molecule has 2 N–H and O–H groups in total. The highest BCUT2D eigenvalue weighted by Gasteiger charge is 2.14. The van der Waals surface area contributed by atoms with Gasteiger partial charge in [-0.25, -0.2) is 0 Å². The van der Waals surface area contributed by atoms with Crippen molar-refractivity contribution in [2.75, 3.05) is 0 Å². The van der Waals surface area contributed by atoms with Crippen molar-refractivity contribution in [3.8, 4) is 0 Å². The molecule has 0 aliphatic heterocycles. The van der Waals surface area contributed by atoms with Gasteiger partial charge in [-0.15, -0.1) is 0 Å². The molecular formula is C15H13ClN2O3. The number of H-pyrrole nitrogens is 1. The maximum Gasteiger partial charge on any atom is 0.303 e. The van der Waals surface area contributed by atoms with E-state index >= 15 is 0 Å². The van der Waals surface area contributed by atoms with E-state index in [0.717, 1.165) is 16.8 Å². The summed E-state index contributed by atoms with van der Waals surface area (Å²) in [4.78, 5) is 25.8. The molecule has 0 unspecified atom stereocenters. The summed E-state index contributed by atoms with van der Waals surface area (Å²) in [6.07, 6.45) is 0.394. The number of carboxylic acid groups (broad SMARTS) is 1. The van der Waals surface area contributed by atoms with Gasteiger partial charge in [0, 0.05) is 10.7 Å². The van der Waals surface area contributed by atoms with E-state index in [0.29, 0.717) is 22.5 Å². The maximum atomic E-state index is 12.2. The summed E-state index contributed by atoms with van der Waals surface area (Å²) < 4.78 is 1.82. The van der Waals surface area contributed by atoms with Crippen LogP contribution >= 0.6 is 11.6 Å². The lowest BCUT2D eigenvalue weighted by atomic mass is 10.1. The van der Waals surface area contributed by atoms with Crippen molar-refractivity contribution in [3.05, 3.63) is 50.9 Å². The Morgan fingerprint density at radius 3 is 2.81 bits per heavy atom. The minimum atomic E-state index is -0.860. The lowest BCUT2D eigenvalue weighted by molar-refractivity contribution is -0.136. The number of rotatable bonds is 3. The Kier molecular flexibility index (Phi) is 3.22. The van der Waals surface area contributed by atoms with Crippen molar-refractivity contribution in [2.24, 2.45) is 0 Å². The number of aromatic amines is 1. The van der Waals surface area contributed by atoms with Gasteiger partial charge in [-0.1, -0.05) is 11.6 Å². The molecule has 1 aromatic carbocycles. The fraction of sp³-hybridized carbons (Fsp3) is 0.200. The number of hydrogen-bond donors (Lipinski definition) is 2. The molecule has 0 radical (unpaired) electrons. The smallest absolute Gasteiger partial charge is 0.303 e. The molecule has 3 aromatic rings. The van der Waals surface area contributed by atoms with E-state index < -0.39 is 5.97 Å². The predicted molar refractivity (Wildman–Crippen MR) is 81.2 cm³/mol. The van der Waals surface area contributed by atoms with Gasteiger partial charge in [0.2, 0.25) is 0 Å². The highest BCUT2D eigenvalue weighted by atomic mass is 35.5. The second kappa shape index (κ2) is 4.93. The summed E-state index contributed by atoms with van der Waals surface area (Å²) in [6.45, 7) is 1.88. The van der Waals surface area contributed by atoms with Gasteiger partial charge in [-0.2, -0.15) is 0 Å². The lowest BCUT2D eigenvalue weighted by Gasteiger charge is -2.08. The highest BCUT2D eigenvalue weighted by Crippen LogP contribution is 2.23. The molecule has 0 saturated heterocycles. The Bertz CT molecular complexity index is 924. The average molecular weight is 305 g/mol. The van der Waals surface area contributed by atoms with Gasteiger partial charge < -0.3 is 14.5 Å². The third-order valence-electron chi connectivity index (χ3n) is 3.58. The van der Waals surface area contributed by atoms with Crippen LogP contribution in [0, 0.1) is 6.92 Å². The minimum absolute atomic E-state index is 0.0227. The molecular weight excluding hydrogens is 292 g/mol. The molecule has 0 fully saturated rings. The lowest BCUT2D eigenvalue weighted by Crippen LogP contribution is -2.11. The van der Waals surface area contributed by atoms with E-state index in [1.807, 2.05) is 17.4 Å². The van der Waals surface area contributed by atoms with Crippen molar-refractivity contribution in [1.82, 2.24) is 9.38 Å². The van der Waals surface area contributed by atoms with Gasteiger partial charge in [0.15, 0.2) is 0 Å². The fourth-order valence-corrected chi connectivity index (χ4v) is 2.81. The Morgan fingerprint density at radius 2 is 2.10 bits per heavy atom. The number of aryl methyl sites for hydroxylation is 2. The summed E-state index contributed by atoms with van der Waals surface area (Å²) in [5.41, 5.74) is 3.49. The third kappa shape index (κ3) is 2.29. The Labute approximate surface area is 124 Å². The van der Waals surface area contributed by atoms with Crippen molar-refractivity contribution >= 4 is 34.1 Å². The molecule has 0 bridgehead atoms. The quantitative estimate of drug-likeness (QED) is 0.781. The van der Waals surface area contributed by atoms with Crippen LogP contribution in [0.5, 0.6) is 0 Å². The van der Waals surface area contributed by atoms with Crippen LogP contribution in [0.15, 0.2) is 29.1 Å². The highest BCUT2D eigenvalue weighted by molar-refractivity contribution is 6.31. The Hall–Kier alpha value is -2.27. The first-order valence-corrected chi connectivity index (χ1v) is 6.89. The van der Waals surface area contributed by atoms with Crippen LogP contribution in [0.1, 0.15) is 17.7 Å². The molecule has 2 heterocycles. The number of fused-ring (bicyclic) bond motifs is 3. The molecule has 5 nitrogen and oxygen atoms in total. The first kappa shape index (κ1) is 13.7. The SMILES string of the molecule is Cc1cc2c(=O)[nH]c3cc(Cl)ccc3n2c1CCC(=O)O. The first-order chi connectivity index (χ1) is 9.97. The van der Waals surface area contributed by atoms with Crippen LogP contribution in [-0.2, 0) is 11.2 Å². The largest absolute Gasteiger partial charge is 0.481 e. The monoisotopic (exact) mass is 304 g/mol. The first-order valence-electron chi connectivity index (χ1n) is 6.51. The molecule has 0 atom stereocenters. The second-order valence-corrected chi connectivity index (χ2v) is 5.44. The summed E-state index contributed by atoms with van der Waals surface area (Å²) >= 11 is 5.96. The number of carboxylic acids is 1. The summed E-state index contributed by atoms with van der Waals surface area (Å²) in [6, 6.07) is 7.04. The molecule has 3 rings (SSSR count). The van der Waals surface area contributed by atoms with Gasteiger partial charge in [0.1, 0.15) is 5.52 Å². The van der Waals surface area contributed by atoms with Crippen molar-refractivity contribution in [2.45, 2.75) is 19.8 Å². The van der Waals surface area contributed by atoms with E-state index in [-0.39, 0.29) is 12.0 Å². The van der Waals surface area contributed by atoms with Crippen LogP contribution in [0.4, 0.5) is 0 Å². The zero-order valence-electron chi connectivity index (χ0n) is 11.3. The van der Waals surface area contributed by atoms with Crippen LogP contribution in [-0.4, -0.2) is 20.5 Å². The van der Waals surface area contributed by atoms with Crippen molar-refractivity contribution in [3.63, 3.8) is 0 Å². The van der Waals surface area contributed by atoms with Crippen LogP contribution in [0.25, 0.3) is 16.6 Å². The van der Waals surface area contributed by atoms with E-state index in [1.54, 1.807) is 18.2 Å². The molecule has 108 valence electrons. The fourth-order valence-electron chi connectivity index (χ4n) is 2.64. The van der Waals surface area contributed by atoms with E-state index in [9.17, 15) is 9.59 Å². The van der Waals surface area contributed by atoms with Gasteiger partial charge in [0.25, 0.3) is 5.56 Å². The van der Waals surface area contributed by atoms with Gasteiger partial charge in [-0.05, 0) is 43.2 Å². The number of halogens is 1. The number of nitrogens with one attached hydrogen (secondary N) is 1. The van der Waals surface area contributed by atoms with Gasteiger partial charge >= 0.3 is 5.97 Å². The number of aliphatic carboxylic acids is 1. The third-order valence-corrected chi connectivity index (χ3v) is 3.81. The van der Waals surface area contributed by atoms with Crippen LogP contribution in [0.3, 0.4) is 0 Å². The molecule has 0 aliphatic rings. The van der Waals surface area contributed by atoms with Gasteiger partial charge in [-0.3, -0.25) is 9.59 Å². The van der Waals surface area contributed by atoms with Crippen molar-refractivity contribution in [1.29, 1.82) is 0 Å². The number of carbonyl (C=O) groups is 1.